The van der Waals surface area contributed by atoms with Crippen LogP contribution in [0.25, 0.3) is 10.9 Å². The quantitative estimate of drug-likeness (QED) is 0.396. The lowest BCUT2D eigenvalue weighted by Gasteiger charge is -2.20. The average Bonchev–Trinajstić information content (AvgIpc) is 3.10. The van der Waals surface area contributed by atoms with Gasteiger partial charge in [0.2, 0.25) is 0 Å². The van der Waals surface area contributed by atoms with Crippen molar-refractivity contribution < 1.29 is 17.9 Å². The van der Waals surface area contributed by atoms with E-state index in [4.69, 9.17) is 16.3 Å². The van der Waals surface area contributed by atoms with Gasteiger partial charge in [0.1, 0.15) is 10.6 Å². The van der Waals surface area contributed by atoms with Crippen LogP contribution in [0.1, 0.15) is 24.0 Å². The lowest BCUT2D eigenvalue weighted by atomic mass is 9.92. The first-order valence-electron chi connectivity index (χ1n) is 10.4. The third-order valence-electron chi connectivity index (χ3n) is 5.61. The number of para-hydroxylation sites is 2. The number of fused-ring (bicyclic) bond motifs is 2. The number of aromatic nitrogens is 1. The number of ether oxygens (including phenoxy) is 1. The van der Waals surface area contributed by atoms with Crippen LogP contribution in [0.5, 0.6) is 5.75 Å². The van der Waals surface area contributed by atoms with Gasteiger partial charge in [-0.05, 0) is 48.9 Å². The molecule has 0 bridgehead atoms. The minimum atomic E-state index is -4.27. The summed E-state index contributed by atoms with van der Waals surface area (Å²) >= 11 is 6.26. The molecule has 3 aromatic carbocycles. The molecule has 0 N–H and O–H groups in total. The number of sulfonamides is 1. The molecule has 8 heteroatoms. The summed E-state index contributed by atoms with van der Waals surface area (Å²) in [5.74, 6) is -0.943. The molecular formula is C25H19ClN2O4S. The summed E-state index contributed by atoms with van der Waals surface area (Å²) in [7, 11) is -4.27. The highest BCUT2D eigenvalue weighted by Gasteiger charge is 2.46. The molecule has 1 aromatic heterocycles. The standard InChI is InChI=1S/C25H19ClN2O4S/c1-2-32-21-10-4-3-9-18(21)23-19-15-17(26)12-13-20(19)28(25(23)29)33(30,31)22-11-5-7-16-8-6-14-27-24(16)22/h3-15,23H,2H2,1H3. The third kappa shape index (κ3) is 3.44. The number of benzene rings is 3. The monoisotopic (exact) mass is 478 g/mol. The van der Waals surface area contributed by atoms with Gasteiger partial charge in [-0.1, -0.05) is 48.0 Å². The molecule has 1 aliphatic heterocycles. The van der Waals surface area contributed by atoms with Crippen molar-refractivity contribution in [3.05, 3.63) is 95.1 Å². The Bertz CT molecular complexity index is 1500. The molecule has 6 nitrogen and oxygen atoms in total. The topological polar surface area (TPSA) is 76.6 Å². The summed E-state index contributed by atoms with van der Waals surface area (Å²) < 4.78 is 34.4. The first kappa shape index (κ1) is 21.4. The van der Waals surface area contributed by atoms with Crippen LogP contribution in [0.15, 0.2) is 83.9 Å². The second-order valence-electron chi connectivity index (χ2n) is 7.55. The van der Waals surface area contributed by atoms with E-state index < -0.39 is 21.8 Å². The predicted molar refractivity (Wildman–Crippen MR) is 127 cm³/mol. The molecule has 166 valence electrons. The minimum absolute atomic E-state index is 0.0337. The van der Waals surface area contributed by atoms with Crippen molar-refractivity contribution in [1.29, 1.82) is 0 Å². The van der Waals surface area contributed by atoms with Crippen molar-refractivity contribution in [3.63, 3.8) is 0 Å². The Hall–Kier alpha value is -3.42. The van der Waals surface area contributed by atoms with E-state index in [-0.39, 0.29) is 10.6 Å². The molecule has 0 fully saturated rings. The largest absolute Gasteiger partial charge is 0.494 e. The molecule has 1 amide bonds. The number of nitrogens with zero attached hydrogens (tertiary/aromatic N) is 2. The van der Waals surface area contributed by atoms with Crippen molar-refractivity contribution in [2.24, 2.45) is 0 Å². The summed E-state index contributed by atoms with van der Waals surface area (Å²) in [6, 6.07) is 20.3. The number of anilines is 1. The van der Waals surface area contributed by atoms with Gasteiger partial charge < -0.3 is 4.74 Å². The van der Waals surface area contributed by atoms with Gasteiger partial charge in [-0.3, -0.25) is 9.78 Å². The van der Waals surface area contributed by atoms with Crippen LogP contribution in [0.4, 0.5) is 5.69 Å². The van der Waals surface area contributed by atoms with Crippen molar-refractivity contribution in [2.75, 3.05) is 10.9 Å². The van der Waals surface area contributed by atoms with Gasteiger partial charge in [0.25, 0.3) is 15.9 Å². The van der Waals surface area contributed by atoms with Gasteiger partial charge in [0.15, 0.2) is 0 Å². The second kappa shape index (κ2) is 8.17. The average molecular weight is 479 g/mol. The molecule has 0 aliphatic carbocycles. The van der Waals surface area contributed by atoms with Crippen LogP contribution in [0.2, 0.25) is 5.02 Å². The van der Waals surface area contributed by atoms with E-state index in [1.54, 1.807) is 60.7 Å². The van der Waals surface area contributed by atoms with Crippen molar-refractivity contribution in [3.8, 4) is 5.75 Å². The number of pyridine rings is 1. The molecule has 2 heterocycles. The lowest BCUT2D eigenvalue weighted by Crippen LogP contribution is -2.35. The van der Waals surface area contributed by atoms with Crippen molar-refractivity contribution >= 4 is 44.1 Å². The summed E-state index contributed by atoms with van der Waals surface area (Å²) in [6.07, 6.45) is 1.53. The second-order valence-corrected chi connectivity index (χ2v) is 9.74. The summed E-state index contributed by atoms with van der Waals surface area (Å²) in [4.78, 5) is 18.1. The van der Waals surface area contributed by atoms with Crippen LogP contribution in [0, 0.1) is 0 Å². The summed E-state index contributed by atoms with van der Waals surface area (Å²) in [5.41, 5.74) is 1.67. The highest BCUT2D eigenvalue weighted by molar-refractivity contribution is 7.93. The van der Waals surface area contributed by atoms with Crippen LogP contribution in [0.3, 0.4) is 0 Å². The van der Waals surface area contributed by atoms with Crippen molar-refractivity contribution in [2.45, 2.75) is 17.7 Å². The molecule has 1 atom stereocenters. The first-order chi connectivity index (χ1) is 15.9. The Morgan fingerprint density at radius 2 is 1.79 bits per heavy atom. The molecule has 4 aromatic rings. The Kier molecular flexibility index (Phi) is 5.31. The molecule has 1 unspecified atom stereocenters. The SMILES string of the molecule is CCOc1ccccc1C1C(=O)N(S(=O)(=O)c2cccc3cccnc23)c2ccc(Cl)cc21. The number of amides is 1. The van der Waals surface area contributed by atoms with Crippen LogP contribution in [-0.4, -0.2) is 25.9 Å². The van der Waals surface area contributed by atoms with E-state index >= 15 is 0 Å². The fourth-order valence-electron chi connectivity index (χ4n) is 4.25. The van der Waals surface area contributed by atoms with Gasteiger partial charge in [-0.15, -0.1) is 0 Å². The lowest BCUT2D eigenvalue weighted by molar-refractivity contribution is -0.117. The fourth-order valence-corrected chi connectivity index (χ4v) is 6.06. The smallest absolute Gasteiger partial charge is 0.273 e. The predicted octanol–water partition coefficient (Wildman–Crippen LogP) is 5.15. The fraction of sp³-hybridized carbons (Fsp3) is 0.120. The Labute approximate surface area is 196 Å². The molecule has 0 radical (unpaired) electrons. The van der Waals surface area contributed by atoms with E-state index in [1.807, 2.05) is 13.0 Å². The molecular weight excluding hydrogens is 460 g/mol. The van der Waals surface area contributed by atoms with Crippen LogP contribution in [-0.2, 0) is 14.8 Å². The normalized spacial score (nSPS) is 15.6. The summed E-state index contributed by atoms with van der Waals surface area (Å²) in [5, 5.41) is 1.08. The molecule has 0 saturated carbocycles. The zero-order chi connectivity index (χ0) is 23.2. The highest BCUT2D eigenvalue weighted by Crippen LogP contribution is 2.47. The van der Waals surface area contributed by atoms with Gasteiger partial charge in [0, 0.05) is 22.2 Å². The number of halogens is 1. The van der Waals surface area contributed by atoms with E-state index in [0.29, 0.717) is 39.4 Å². The van der Waals surface area contributed by atoms with E-state index in [0.717, 1.165) is 4.31 Å². The molecule has 0 spiro atoms. The first-order valence-corrected chi connectivity index (χ1v) is 12.2. The number of hydrogen-bond acceptors (Lipinski definition) is 5. The zero-order valence-electron chi connectivity index (χ0n) is 17.6. The van der Waals surface area contributed by atoms with Crippen molar-refractivity contribution in [1.82, 2.24) is 4.98 Å². The van der Waals surface area contributed by atoms with E-state index in [9.17, 15) is 13.2 Å². The number of carbonyl (C=O) groups is 1. The van der Waals surface area contributed by atoms with Gasteiger partial charge >= 0.3 is 0 Å². The highest BCUT2D eigenvalue weighted by atomic mass is 35.5. The van der Waals surface area contributed by atoms with Gasteiger partial charge in [-0.25, -0.2) is 12.7 Å². The van der Waals surface area contributed by atoms with Gasteiger partial charge in [-0.2, -0.15) is 0 Å². The van der Waals surface area contributed by atoms with Gasteiger partial charge in [0.05, 0.1) is 23.7 Å². The maximum absolute atomic E-state index is 13.9. The third-order valence-corrected chi connectivity index (χ3v) is 7.59. The molecule has 5 rings (SSSR count). The van der Waals surface area contributed by atoms with E-state index in [1.165, 1.54) is 12.3 Å². The number of carbonyl (C=O) groups excluding carboxylic acids is 1. The van der Waals surface area contributed by atoms with Crippen LogP contribution >= 0.6 is 11.6 Å². The minimum Gasteiger partial charge on any atom is -0.494 e. The Morgan fingerprint density at radius 3 is 2.61 bits per heavy atom. The molecule has 0 saturated heterocycles. The molecule has 33 heavy (non-hydrogen) atoms. The van der Waals surface area contributed by atoms with Crippen LogP contribution < -0.4 is 9.04 Å². The Balaban J connectivity index is 1.73. The Morgan fingerprint density at radius 1 is 1.00 bits per heavy atom. The zero-order valence-corrected chi connectivity index (χ0v) is 19.2. The van der Waals surface area contributed by atoms with E-state index in [2.05, 4.69) is 4.98 Å². The number of rotatable bonds is 5. The summed E-state index contributed by atoms with van der Waals surface area (Å²) in [6.45, 7) is 2.26. The maximum Gasteiger partial charge on any atom is 0.273 e. The molecule has 1 aliphatic rings. The maximum atomic E-state index is 13.9. The number of hydrogen-bond donors (Lipinski definition) is 0.